The van der Waals surface area contributed by atoms with E-state index in [0.29, 0.717) is 0 Å². The second kappa shape index (κ2) is 13.8. The van der Waals surface area contributed by atoms with Gasteiger partial charge in [-0.2, -0.15) is 0 Å². The molecule has 72 heavy (non-hydrogen) atoms. The number of hydrogen-bond donors (Lipinski definition) is 0. The third kappa shape index (κ3) is 4.53. The van der Waals surface area contributed by atoms with Gasteiger partial charge in [0, 0.05) is 27.5 Å². The lowest BCUT2D eigenvalue weighted by molar-refractivity contribution is 0.748. The van der Waals surface area contributed by atoms with E-state index < -0.39 is 10.8 Å². The van der Waals surface area contributed by atoms with E-state index in [2.05, 4.69) is 264 Å². The van der Waals surface area contributed by atoms with Crippen molar-refractivity contribution >= 4 is 60.4 Å². The first-order valence-corrected chi connectivity index (χ1v) is 25.3. The van der Waals surface area contributed by atoms with Crippen LogP contribution in [0.1, 0.15) is 44.5 Å². The molecular formula is C70H42N2. The van der Waals surface area contributed by atoms with Crippen molar-refractivity contribution in [2.75, 3.05) is 4.90 Å². The zero-order valence-electron chi connectivity index (χ0n) is 39.1. The second-order valence-corrected chi connectivity index (χ2v) is 20.2. The topological polar surface area (TPSA) is 8.17 Å². The van der Waals surface area contributed by atoms with Gasteiger partial charge in [0.25, 0.3) is 0 Å². The zero-order chi connectivity index (χ0) is 46.9. The molecular weight excluding hydrogens is 869 g/mol. The molecule has 2 spiro atoms. The molecule has 3 aliphatic carbocycles. The molecule has 12 aromatic carbocycles. The molecule has 1 aromatic heterocycles. The van der Waals surface area contributed by atoms with Crippen LogP contribution in [0.15, 0.2) is 255 Å². The largest absolute Gasteiger partial charge is 0.310 e. The van der Waals surface area contributed by atoms with E-state index >= 15 is 0 Å². The fourth-order valence-corrected chi connectivity index (χ4v) is 14.6. The van der Waals surface area contributed by atoms with Gasteiger partial charge in [0.1, 0.15) is 0 Å². The molecule has 0 N–H and O–H groups in total. The fraction of sp³-hybridized carbons (Fsp3) is 0.0286. The average molecular weight is 911 g/mol. The first kappa shape index (κ1) is 38.6. The van der Waals surface area contributed by atoms with Crippen LogP contribution < -0.4 is 4.90 Å². The number of anilines is 3. The van der Waals surface area contributed by atoms with Crippen molar-refractivity contribution in [3.8, 4) is 39.1 Å². The van der Waals surface area contributed by atoms with E-state index in [-0.39, 0.29) is 0 Å². The molecule has 4 aliphatic rings. The van der Waals surface area contributed by atoms with Gasteiger partial charge in [0.05, 0.1) is 33.2 Å². The summed E-state index contributed by atoms with van der Waals surface area (Å²) in [6.07, 6.45) is 0. The van der Waals surface area contributed by atoms with Gasteiger partial charge in [-0.3, -0.25) is 0 Å². The lowest BCUT2D eigenvalue weighted by atomic mass is 9.65. The third-order valence-corrected chi connectivity index (χ3v) is 17.2. The predicted octanol–water partition coefficient (Wildman–Crippen LogP) is 17.6. The summed E-state index contributed by atoms with van der Waals surface area (Å²) in [5.74, 6) is 0. The van der Waals surface area contributed by atoms with Crippen molar-refractivity contribution in [1.29, 1.82) is 0 Å². The van der Waals surface area contributed by atoms with Crippen LogP contribution in [0.25, 0.3) is 82.4 Å². The minimum Gasteiger partial charge on any atom is -0.310 e. The SMILES string of the molecule is c1ccc2c(c1)-c1ccccc1C21c2cc(N(c3ccc4c(c3)C3(c5ccccc5-4)c4ccccc4-n4c5ccccc5c5cccc3c54)c3cccc4ccccc34)ccc2-c2c1ccc1ccccc21. The van der Waals surface area contributed by atoms with Gasteiger partial charge < -0.3 is 9.47 Å². The van der Waals surface area contributed by atoms with E-state index in [4.69, 9.17) is 0 Å². The van der Waals surface area contributed by atoms with Crippen molar-refractivity contribution < 1.29 is 0 Å². The minimum absolute atomic E-state index is 0.519. The predicted molar refractivity (Wildman–Crippen MR) is 298 cm³/mol. The molecule has 2 nitrogen and oxygen atoms in total. The Labute approximate surface area is 417 Å². The number of benzene rings is 12. The summed E-state index contributed by atoms with van der Waals surface area (Å²) >= 11 is 0. The van der Waals surface area contributed by atoms with Crippen molar-refractivity contribution in [2.24, 2.45) is 0 Å². The number of fused-ring (bicyclic) bond motifs is 25. The van der Waals surface area contributed by atoms with Gasteiger partial charge in [0.15, 0.2) is 0 Å². The molecule has 0 radical (unpaired) electrons. The molecule has 13 aromatic rings. The Morgan fingerprint density at radius 2 is 0.778 bits per heavy atom. The maximum absolute atomic E-state index is 2.56. The summed E-state index contributed by atoms with van der Waals surface area (Å²) in [6, 6.07) is 96.8. The van der Waals surface area contributed by atoms with Crippen LogP contribution in [-0.2, 0) is 10.8 Å². The third-order valence-electron chi connectivity index (χ3n) is 17.2. The Kier molecular flexibility index (Phi) is 7.37. The van der Waals surface area contributed by atoms with E-state index in [0.717, 1.165) is 17.1 Å². The van der Waals surface area contributed by atoms with Gasteiger partial charge in [-0.1, -0.05) is 212 Å². The Morgan fingerprint density at radius 3 is 1.50 bits per heavy atom. The summed E-state index contributed by atoms with van der Waals surface area (Å²) in [6.45, 7) is 0. The summed E-state index contributed by atoms with van der Waals surface area (Å²) in [7, 11) is 0. The van der Waals surface area contributed by atoms with Crippen LogP contribution in [0.5, 0.6) is 0 Å². The Hall–Kier alpha value is -9.24. The average Bonchev–Trinajstić information content (AvgIpc) is 4.14. The van der Waals surface area contributed by atoms with Crippen molar-refractivity contribution in [2.45, 2.75) is 10.8 Å². The van der Waals surface area contributed by atoms with Gasteiger partial charge in [-0.05, 0) is 137 Å². The number of nitrogens with zero attached hydrogens (tertiary/aromatic N) is 2. The standard InChI is InChI=1S/C70H42N2/c1-3-20-47-43(17-1)19-15-34-64(47)71(46-37-39-55-63(42-46)69(60-40-35-44-18-2-4-21-48(44)67(55)60)56-27-9-5-22-49(56)50-23-6-10-28-57(50)69)45-36-38-52-51-24-7-11-29-58(51)70(62(52)41-45)59-30-12-14-33-66(59)72-65-32-13-8-25-53(65)54-26-16-31-61(70)68(54)72/h1-42H. The molecule has 0 bridgehead atoms. The molecule has 17 rings (SSSR count). The molecule has 1 aliphatic heterocycles. The lowest BCUT2D eigenvalue weighted by Crippen LogP contribution is -2.33. The highest BCUT2D eigenvalue weighted by molar-refractivity contribution is 6.13. The molecule has 1 unspecified atom stereocenters. The van der Waals surface area contributed by atoms with E-state index in [1.54, 1.807) is 0 Å². The summed E-state index contributed by atoms with van der Waals surface area (Å²) in [4.78, 5) is 2.56. The van der Waals surface area contributed by atoms with Crippen molar-refractivity contribution in [3.63, 3.8) is 0 Å². The first-order chi connectivity index (χ1) is 35.7. The highest BCUT2D eigenvalue weighted by atomic mass is 15.1. The van der Waals surface area contributed by atoms with Gasteiger partial charge >= 0.3 is 0 Å². The highest BCUT2D eigenvalue weighted by Gasteiger charge is 2.53. The summed E-state index contributed by atoms with van der Waals surface area (Å²) < 4.78 is 2.54. The van der Waals surface area contributed by atoms with Gasteiger partial charge in [0.2, 0.25) is 0 Å². The minimum atomic E-state index is -0.588. The van der Waals surface area contributed by atoms with E-state index in [1.165, 1.54) is 127 Å². The summed E-state index contributed by atoms with van der Waals surface area (Å²) in [5, 5.41) is 7.53. The van der Waals surface area contributed by atoms with Gasteiger partial charge in [-0.15, -0.1) is 0 Å². The van der Waals surface area contributed by atoms with Crippen molar-refractivity contribution in [3.05, 3.63) is 299 Å². The molecule has 2 heteroatoms. The maximum atomic E-state index is 2.56. The Morgan fingerprint density at radius 1 is 0.292 bits per heavy atom. The number of para-hydroxylation sites is 3. The lowest BCUT2D eigenvalue weighted by Gasteiger charge is -2.40. The van der Waals surface area contributed by atoms with Crippen LogP contribution >= 0.6 is 0 Å². The second-order valence-electron chi connectivity index (χ2n) is 20.2. The number of rotatable bonds is 3. The quantitative estimate of drug-likeness (QED) is 0.171. The van der Waals surface area contributed by atoms with Crippen LogP contribution in [0.2, 0.25) is 0 Å². The molecule has 0 fully saturated rings. The fourth-order valence-electron chi connectivity index (χ4n) is 14.6. The summed E-state index contributed by atoms with van der Waals surface area (Å²) in [5.41, 5.74) is 24.4. The van der Waals surface area contributed by atoms with Crippen LogP contribution in [0.4, 0.5) is 17.1 Å². The highest BCUT2D eigenvalue weighted by Crippen LogP contribution is 2.66. The zero-order valence-corrected chi connectivity index (χ0v) is 39.1. The van der Waals surface area contributed by atoms with Gasteiger partial charge in [-0.25, -0.2) is 0 Å². The Balaban J connectivity index is 0.979. The Bertz CT molecular complexity index is 4500. The molecule has 0 saturated carbocycles. The van der Waals surface area contributed by atoms with Crippen LogP contribution in [0, 0.1) is 0 Å². The molecule has 0 amide bonds. The van der Waals surface area contributed by atoms with E-state index in [9.17, 15) is 0 Å². The normalized spacial score (nSPS) is 15.7. The smallest absolute Gasteiger partial charge is 0.0755 e. The molecule has 1 atom stereocenters. The van der Waals surface area contributed by atoms with Crippen molar-refractivity contribution in [1.82, 2.24) is 4.57 Å². The van der Waals surface area contributed by atoms with Crippen LogP contribution in [0.3, 0.4) is 0 Å². The molecule has 2 heterocycles. The number of hydrogen-bond acceptors (Lipinski definition) is 1. The maximum Gasteiger partial charge on any atom is 0.0755 e. The monoisotopic (exact) mass is 910 g/mol. The number of aromatic nitrogens is 1. The van der Waals surface area contributed by atoms with Crippen LogP contribution in [-0.4, -0.2) is 4.57 Å². The first-order valence-electron chi connectivity index (χ1n) is 25.3. The molecule has 332 valence electrons. The van der Waals surface area contributed by atoms with E-state index in [1.807, 2.05) is 0 Å². The molecule has 0 saturated heterocycles.